The highest BCUT2D eigenvalue weighted by atomic mass is 32.2. The smallest absolute Gasteiger partial charge is 0.243 e. The molecule has 0 aromatic heterocycles. The predicted molar refractivity (Wildman–Crippen MR) is 125 cm³/mol. The van der Waals surface area contributed by atoms with Crippen molar-refractivity contribution in [2.45, 2.75) is 36.9 Å². The number of aliphatic hydroxyl groups excluding tert-OH is 1. The molecule has 0 saturated carbocycles. The van der Waals surface area contributed by atoms with Crippen LogP contribution in [0, 0.1) is 6.92 Å². The van der Waals surface area contributed by atoms with Gasteiger partial charge < -0.3 is 20.3 Å². The molecule has 0 unspecified atom stereocenters. The molecular weight excluding hydrogens is 440 g/mol. The van der Waals surface area contributed by atoms with Gasteiger partial charge in [0.2, 0.25) is 16.8 Å². The van der Waals surface area contributed by atoms with Gasteiger partial charge in [0.05, 0.1) is 11.0 Å². The molecule has 7 nitrogen and oxygen atoms in total. The largest absolute Gasteiger partial charge is 0.454 e. The van der Waals surface area contributed by atoms with Crippen LogP contribution in [0.2, 0.25) is 0 Å². The molecule has 0 fully saturated rings. The number of nitrogens with zero attached hydrogens (tertiary/aromatic N) is 1. The number of hydrogen-bond acceptors (Lipinski definition) is 6. The third-order valence-corrected chi connectivity index (χ3v) is 7.48. The van der Waals surface area contributed by atoms with Crippen molar-refractivity contribution in [2.24, 2.45) is 5.73 Å². The first-order chi connectivity index (χ1) is 15.8. The Kier molecular flexibility index (Phi) is 6.99. The summed E-state index contributed by atoms with van der Waals surface area (Å²) in [6, 6.07) is 20.9. The fourth-order valence-electron chi connectivity index (χ4n) is 3.72. The van der Waals surface area contributed by atoms with Crippen LogP contribution in [0.3, 0.4) is 0 Å². The maximum Gasteiger partial charge on any atom is 0.243 e. The molecule has 3 aromatic rings. The van der Waals surface area contributed by atoms with Crippen LogP contribution in [-0.4, -0.2) is 43.3 Å². The Labute approximate surface area is 194 Å². The molecule has 0 amide bonds. The van der Waals surface area contributed by atoms with E-state index in [1.54, 1.807) is 42.5 Å². The summed E-state index contributed by atoms with van der Waals surface area (Å²) >= 11 is 0. The van der Waals surface area contributed by atoms with Crippen LogP contribution in [0.15, 0.2) is 77.7 Å². The van der Waals surface area contributed by atoms with Gasteiger partial charge in [0.15, 0.2) is 11.5 Å². The minimum atomic E-state index is -3.89. The van der Waals surface area contributed by atoms with Gasteiger partial charge in [-0.1, -0.05) is 54.1 Å². The van der Waals surface area contributed by atoms with Crippen molar-refractivity contribution in [3.8, 4) is 11.5 Å². The molecule has 0 bridgehead atoms. The number of benzene rings is 3. The van der Waals surface area contributed by atoms with Crippen LogP contribution in [0.5, 0.6) is 11.5 Å². The fourth-order valence-corrected chi connectivity index (χ4v) is 5.16. The van der Waals surface area contributed by atoms with Crippen molar-refractivity contribution in [3.05, 3.63) is 89.5 Å². The van der Waals surface area contributed by atoms with Crippen molar-refractivity contribution in [3.63, 3.8) is 0 Å². The highest BCUT2D eigenvalue weighted by molar-refractivity contribution is 7.89. The van der Waals surface area contributed by atoms with Crippen LogP contribution in [-0.2, 0) is 23.0 Å². The average Bonchev–Trinajstić information content (AvgIpc) is 3.27. The van der Waals surface area contributed by atoms with E-state index in [-0.39, 0.29) is 24.8 Å². The first kappa shape index (κ1) is 23.3. The second kappa shape index (κ2) is 9.93. The highest BCUT2D eigenvalue weighted by Crippen LogP contribution is 2.33. The molecule has 3 aromatic carbocycles. The molecule has 0 spiro atoms. The average molecular weight is 469 g/mol. The maximum atomic E-state index is 13.5. The van der Waals surface area contributed by atoms with E-state index in [2.05, 4.69) is 0 Å². The molecule has 3 N–H and O–H groups in total. The quantitative estimate of drug-likeness (QED) is 0.501. The Morgan fingerprint density at radius 1 is 0.970 bits per heavy atom. The molecule has 8 heteroatoms. The summed E-state index contributed by atoms with van der Waals surface area (Å²) in [6.45, 7) is 1.95. The first-order valence-corrected chi connectivity index (χ1v) is 12.2. The summed E-state index contributed by atoms with van der Waals surface area (Å²) < 4.78 is 39.1. The number of sulfonamides is 1. The lowest BCUT2D eigenvalue weighted by molar-refractivity contribution is 0.117. The molecule has 0 radical (unpaired) electrons. The summed E-state index contributed by atoms with van der Waals surface area (Å²) in [5.74, 6) is 1.19. The van der Waals surface area contributed by atoms with Gasteiger partial charge >= 0.3 is 0 Å². The molecule has 0 aliphatic carbocycles. The Hall–Kier alpha value is -2.91. The zero-order chi connectivity index (χ0) is 23.4. The lowest BCUT2D eigenvalue weighted by Gasteiger charge is -2.28. The molecule has 1 aliphatic heterocycles. The molecule has 1 heterocycles. The molecule has 174 valence electrons. The van der Waals surface area contributed by atoms with Crippen LogP contribution in [0.1, 0.15) is 16.7 Å². The molecule has 4 rings (SSSR count). The lowest BCUT2D eigenvalue weighted by atomic mass is 10.0. The van der Waals surface area contributed by atoms with Gasteiger partial charge in [-0.15, -0.1) is 0 Å². The molecule has 0 saturated heterocycles. The summed E-state index contributed by atoms with van der Waals surface area (Å²) in [6.07, 6.45) is -0.621. The standard InChI is InChI=1S/C25H28N2O5S/c1-18-7-10-21(11-8-18)33(29,30)27(15-20-9-12-24-25(14-20)32-17-31-24)16-23(28)22(26)13-19-5-3-2-4-6-19/h2-12,14,22-23,28H,13,15-17,26H2,1H3/t22-,23+/m0/s1. The van der Waals surface area contributed by atoms with Gasteiger partial charge in [-0.05, 0) is 48.7 Å². The minimum Gasteiger partial charge on any atom is -0.454 e. The highest BCUT2D eigenvalue weighted by Gasteiger charge is 2.29. The topological polar surface area (TPSA) is 102 Å². The minimum absolute atomic E-state index is 0.0575. The van der Waals surface area contributed by atoms with E-state index in [0.29, 0.717) is 17.9 Å². The number of aryl methyl sites for hydroxylation is 1. The van der Waals surface area contributed by atoms with Crippen LogP contribution in [0.25, 0.3) is 0 Å². The Morgan fingerprint density at radius 2 is 1.67 bits per heavy atom. The molecule has 2 atom stereocenters. The van der Waals surface area contributed by atoms with Gasteiger partial charge in [0.25, 0.3) is 0 Å². The summed E-state index contributed by atoms with van der Waals surface area (Å²) in [7, 11) is -3.89. The Morgan fingerprint density at radius 3 is 2.39 bits per heavy atom. The van der Waals surface area contributed by atoms with E-state index in [0.717, 1.165) is 16.7 Å². The molecular formula is C25H28N2O5S. The van der Waals surface area contributed by atoms with Crippen molar-refractivity contribution >= 4 is 10.0 Å². The molecule has 33 heavy (non-hydrogen) atoms. The van der Waals surface area contributed by atoms with E-state index in [9.17, 15) is 13.5 Å². The number of fused-ring (bicyclic) bond motifs is 1. The van der Waals surface area contributed by atoms with Crippen LogP contribution >= 0.6 is 0 Å². The molecule has 1 aliphatic rings. The zero-order valence-corrected chi connectivity index (χ0v) is 19.2. The normalized spacial score (nSPS) is 14.9. The predicted octanol–water partition coefficient (Wildman–Crippen LogP) is 2.85. The summed E-state index contributed by atoms with van der Waals surface area (Å²) in [4.78, 5) is 0.165. The van der Waals surface area contributed by atoms with Crippen molar-refractivity contribution in [2.75, 3.05) is 13.3 Å². The monoisotopic (exact) mass is 468 g/mol. The number of hydrogen-bond donors (Lipinski definition) is 2. The zero-order valence-electron chi connectivity index (χ0n) is 18.4. The third-order valence-electron chi connectivity index (χ3n) is 5.65. The Bertz CT molecular complexity index is 1180. The van der Waals surface area contributed by atoms with Crippen LogP contribution in [0.4, 0.5) is 0 Å². The van der Waals surface area contributed by atoms with Gasteiger partial charge in [0.1, 0.15) is 0 Å². The fraction of sp³-hybridized carbons (Fsp3) is 0.280. The Balaban J connectivity index is 1.58. The van der Waals surface area contributed by atoms with Crippen LogP contribution < -0.4 is 15.2 Å². The van der Waals surface area contributed by atoms with E-state index in [4.69, 9.17) is 15.2 Å². The van der Waals surface area contributed by atoms with Crippen molar-refractivity contribution in [1.29, 1.82) is 0 Å². The van der Waals surface area contributed by atoms with Gasteiger partial charge in [0, 0.05) is 19.1 Å². The number of rotatable bonds is 9. The van der Waals surface area contributed by atoms with Crippen molar-refractivity contribution < 1.29 is 23.0 Å². The van der Waals surface area contributed by atoms with E-state index in [1.807, 2.05) is 37.3 Å². The van der Waals surface area contributed by atoms with E-state index >= 15 is 0 Å². The summed E-state index contributed by atoms with van der Waals surface area (Å²) in [5, 5.41) is 10.9. The second-order valence-electron chi connectivity index (χ2n) is 8.22. The van der Waals surface area contributed by atoms with E-state index in [1.165, 1.54) is 4.31 Å². The van der Waals surface area contributed by atoms with Gasteiger partial charge in [-0.3, -0.25) is 0 Å². The first-order valence-electron chi connectivity index (χ1n) is 10.8. The van der Waals surface area contributed by atoms with E-state index < -0.39 is 22.2 Å². The van der Waals surface area contributed by atoms with Gasteiger partial charge in [-0.25, -0.2) is 8.42 Å². The second-order valence-corrected chi connectivity index (χ2v) is 10.2. The third kappa shape index (κ3) is 5.54. The summed E-state index contributed by atoms with van der Waals surface area (Å²) in [5.41, 5.74) is 8.92. The number of nitrogens with two attached hydrogens (primary N) is 1. The van der Waals surface area contributed by atoms with Gasteiger partial charge in [-0.2, -0.15) is 4.31 Å². The van der Waals surface area contributed by atoms with Crippen molar-refractivity contribution in [1.82, 2.24) is 4.31 Å². The number of aliphatic hydroxyl groups is 1. The number of ether oxygens (including phenoxy) is 2. The maximum absolute atomic E-state index is 13.5. The SMILES string of the molecule is Cc1ccc(S(=O)(=O)N(Cc2ccc3c(c2)OCO3)C[C@@H](O)[C@@H](N)Cc2ccccc2)cc1. The lowest BCUT2D eigenvalue weighted by Crippen LogP contribution is -2.46.